The maximum Gasteiger partial charge on any atom is 0.433 e. The van der Waals surface area contributed by atoms with E-state index in [2.05, 4.69) is 20.5 Å². The Morgan fingerprint density at radius 3 is 2.57 bits per heavy atom. The van der Waals surface area contributed by atoms with Crippen LogP contribution < -0.4 is 16.0 Å². The van der Waals surface area contributed by atoms with Crippen LogP contribution in [0.2, 0.25) is 0 Å². The predicted molar refractivity (Wildman–Crippen MR) is 108 cm³/mol. The van der Waals surface area contributed by atoms with E-state index >= 15 is 0 Å². The quantitative estimate of drug-likeness (QED) is 0.599. The molecule has 0 amide bonds. The van der Waals surface area contributed by atoms with Crippen molar-refractivity contribution in [2.24, 2.45) is 0 Å². The van der Waals surface area contributed by atoms with E-state index in [4.69, 9.17) is 5.73 Å². The van der Waals surface area contributed by atoms with Gasteiger partial charge in [-0.05, 0) is 38.1 Å². The second kappa shape index (κ2) is 6.98. The lowest BCUT2D eigenvalue weighted by molar-refractivity contribution is -0.141. The number of halogens is 3. The lowest BCUT2D eigenvalue weighted by atomic mass is 9.95. The van der Waals surface area contributed by atoms with Crippen molar-refractivity contribution in [1.82, 2.24) is 15.2 Å². The molecule has 0 saturated carbocycles. The van der Waals surface area contributed by atoms with Crippen LogP contribution in [0.1, 0.15) is 24.0 Å². The van der Waals surface area contributed by atoms with E-state index < -0.39 is 17.5 Å². The van der Waals surface area contributed by atoms with Gasteiger partial charge in [-0.25, -0.2) is 4.98 Å². The number of alkyl halides is 3. The van der Waals surface area contributed by atoms with E-state index in [1.54, 1.807) is 6.92 Å². The van der Waals surface area contributed by atoms with Gasteiger partial charge in [-0.3, -0.25) is 0 Å². The minimum absolute atomic E-state index is 0.00359. The molecular weight excluding hydrogens is 397 g/mol. The molecule has 1 aliphatic heterocycles. The van der Waals surface area contributed by atoms with Gasteiger partial charge < -0.3 is 21.1 Å². The zero-order chi connectivity index (χ0) is 21.7. The molecule has 0 atom stereocenters. The normalized spacial score (nSPS) is 15.9. The van der Waals surface area contributed by atoms with E-state index in [9.17, 15) is 18.3 Å². The topological polar surface area (TPSA) is 100 Å². The number of hydrogen-bond donors (Lipinski definition) is 3. The van der Waals surface area contributed by atoms with Crippen LogP contribution in [0.3, 0.4) is 0 Å². The van der Waals surface area contributed by atoms with Crippen LogP contribution in [-0.2, 0) is 12.7 Å². The molecular formula is C20H21F3N6O. The van der Waals surface area contributed by atoms with Gasteiger partial charge in [-0.15, -0.1) is 5.10 Å². The van der Waals surface area contributed by atoms with Crippen molar-refractivity contribution in [3.05, 3.63) is 47.4 Å². The number of hydrogen-bond acceptors (Lipinski definition) is 7. The molecule has 10 heteroatoms. The van der Waals surface area contributed by atoms with Crippen LogP contribution in [0, 0.1) is 6.92 Å². The molecule has 4 rings (SSSR count). The van der Waals surface area contributed by atoms with Crippen LogP contribution >= 0.6 is 0 Å². The molecule has 4 N–H and O–H groups in total. The smallest absolute Gasteiger partial charge is 0.399 e. The molecule has 0 radical (unpaired) electrons. The summed E-state index contributed by atoms with van der Waals surface area (Å²) in [5.74, 6) is 0.433. The number of aromatic nitrogens is 3. The average Bonchev–Trinajstić information content (AvgIpc) is 2.64. The maximum absolute atomic E-state index is 13.0. The predicted octanol–water partition coefficient (Wildman–Crippen LogP) is 3.12. The van der Waals surface area contributed by atoms with Crippen LogP contribution in [0.15, 0.2) is 30.3 Å². The SMILES string of the molecule is Cc1nnc(NCc2cc(N)cc(C(F)(F)F)n2)c2cc(N3CC(C)(O)C3)ccc12. The molecule has 3 heterocycles. The summed E-state index contributed by atoms with van der Waals surface area (Å²) in [4.78, 5) is 5.69. The summed E-state index contributed by atoms with van der Waals surface area (Å²) >= 11 is 0. The molecule has 3 aromatic rings. The Morgan fingerprint density at radius 1 is 1.17 bits per heavy atom. The van der Waals surface area contributed by atoms with Crippen molar-refractivity contribution in [2.75, 3.05) is 29.0 Å². The molecule has 0 unspecified atom stereocenters. The first-order valence-corrected chi connectivity index (χ1v) is 9.34. The number of β-amino-alcohol motifs (C(OH)–C–C–N with tert-alkyl or cyclic N) is 1. The van der Waals surface area contributed by atoms with Gasteiger partial charge in [0.05, 0.1) is 23.5 Å². The number of rotatable bonds is 4. The zero-order valence-electron chi connectivity index (χ0n) is 16.5. The van der Waals surface area contributed by atoms with Gasteiger partial charge >= 0.3 is 6.18 Å². The van der Waals surface area contributed by atoms with Gasteiger partial charge in [0, 0.05) is 35.2 Å². The van der Waals surface area contributed by atoms with E-state index in [-0.39, 0.29) is 17.9 Å². The van der Waals surface area contributed by atoms with E-state index in [0.29, 0.717) is 18.9 Å². The maximum atomic E-state index is 13.0. The third kappa shape index (κ3) is 3.95. The number of aryl methyl sites for hydroxylation is 1. The molecule has 1 saturated heterocycles. The highest BCUT2D eigenvalue weighted by Gasteiger charge is 2.36. The zero-order valence-corrected chi connectivity index (χ0v) is 16.5. The average molecular weight is 418 g/mol. The summed E-state index contributed by atoms with van der Waals surface area (Å²) in [6.07, 6.45) is -4.58. The van der Waals surface area contributed by atoms with Crippen LogP contribution in [0.4, 0.5) is 30.4 Å². The Kier molecular flexibility index (Phi) is 4.69. The van der Waals surface area contributed by atoms with E-state index in [1.807, 2.05) is 30.0 Å². The fourth-order valence-corrected chi connectivity index (χ4v) is 3.58. The standard InChI is InChI=1S/C20H21F3N6O/c1-11-15-4-3-14(29-9-19(2,30)10-29)7-16(15)18(28-27-11)25-8-13-5-12(24)6-17(26-13)20(21,22)23/h3-7,30H,8-10H2,1-2H3,(H2,24,26)(H,25,28). The van der Waals surface area contributed by atoms with Crippen molar-refractivity contribution in [1.29, 1.82) is 0 Å². The molecule has 0 spiro atoms. The Hall–Kier alpha value is -3.14. The number of nitrogens with two attached hydrogens (primary N) is 1. The first kappa shape index (κ1) is 20.1. The molecule has 158 valence electrons. The monoisotopic (exact) mass is 418 g/mol. The fourth-order valence-electron chi connectivity index (χ4n) is 3.58. The van der Waals surface area contributed by atoms with Gasteiger partial charge in [0.25, 0.3) is 0 Å². The highest BCUT2D eigenvalue weighted by molar-refractivity contribution is 5.95. The Morgan fingerprint density at radius 2 is 1.90 bits per heavy atom. The van der Waals surface area contributed by atoms with Crippen LogP contribution in [-0.4, -0.2) is 39.0 Å². The highest BCUT2D eigenvalue weighted by atomic mass is 19.4. The Labute approximate surface area is 170 Å². The Bertz CT molecular complexity index is 1110. The number of nitrogen functional groups attached to an aromatic ring is 1. The number of benzene rings is 1. The fraction of sp³-hybridized carbons (Fsp3) is 0.350. The first-order valence-electron chi connectivity index (χ1n) is 9.34. The molecule has 0 bridgehead atoms. The summed E-state index contributed by atoms with van der Waals surface area (Å²) < 4.78 is 39.0. The number of anilines is 3. The summed E-state index contributed by atoms with van der Waals surface area (Å²) in [7, 11) is 0. The van der Waals surface area contributed by atoms with E-state index in [0.717, 1.165) is 28.2 Å². The molecule has 2 aromatic heterocycles. The highest BCUT2D eigenvalue weighted by Crippen LogP contribution is 2.33. The number of fused-ring (bicyclic) bond motifs is 1. The number of pyridine rings is 1. The first-order chi connectivity index (χ1) is 14.0. The third-order valence-corrected chi connectivity index (χ3v) is 5.00. The minimum atomic E-state index is -4.58. The van der Waals surface area contributed by atoms with Gasteiger partial charge in [-0.1, -0.05) is 6.07 Å². The van der Waals surface area contributed by atoms with Crippen LogP contribution in [0.25, 0.3) is 10.8 Å². The Balaban J connectivity index is 1.63. The van der Waals surface area contributed by atoms with Gasteiger partial charge in [0.15, 0.2) is 5.82 Å². The molecule has 7 nitrogen and oxygen atoms in total. The van der Waals surface area contributed by atoms with Crippen molar-refractivity contribution in [3.8, 4) is 0 Å². The second-order valence-electron chi connectivity index (χ2n) is 7.85. The van der Waals surface area contributed by atoms with Crippen molar-refractivity contribution >= 4 is 28.0 Å². The van der Waals surface area contributed by atoms with Gasteiger partial charge in [0.2, 0.25) is 0 Å². The second-order valence-corrected chi connectivity index (χ2v) is 7.85. The van der Waals surface area contributed by atoms with Crippen molar-refractivity contribution in [3.63, 3.8) is 0 Å². The molecule has 1 fully saturated rings. The van der Waals surface area contributed by atoms with Gasteiger partial charge in [0.1, 0.15) is 5.69 Å². The summed E-state index contributed by atoms with van der Waals surface area (Å²) in [6, 6.07) is 8.00. The van der Waals surface area contributed by atoms with Crippen molar-refractivity contribution < 1.29 is 18.3 Å². The lowest BCUT2D eigenvalue weighted by Gasteiger charge is -2.45. The number of nitrogens with zero attached hydrogens (tertiary/aromatic N) is 4. The largest absolute Gasteiger partial charge is 0.433 e. The van der Waals surface area contributed by atoms with Crippen LogP contribution in [0.5, 0.6) is 0 Å². The lowest BCUT2D eigenvalue weighted by Crippen LogP contribution is -2.60. The molecule has 30 heavy (non-hydrogen) atoms. The summed E-state index contributed by atoms with van der Waals surface area (Å²) in [5.41, 5.74) is 5.65. The number of nitrogens with one attached hydrogen (secondary N) is 1. The molecule has 1 aliphatic rings. The molecule has 0 aliphatic carbocycles. The van der Waals surface area contributed by atoms with E-state index in [1.165, 1.54) is 6.07 Å². The minimum Gasteiger partial charge on any atom is -0.399 e. The van der Waals surface area contributed by atoms with Gasteiger partial charge in [-0.2, -0.15) is 18.3 Å². The summed E-state index contributed by atoms with van der Waals surface area (Å²) in [5, 5.41) is 23.0. The van der Waals surface area contributed by atoms with Crippen molar-refractivity contribution in [2.45, 2.75) is 32.2 Å². The summed E-state index contributed by atoms with van der Waals surface area (Å²) in [6.45, 7) is 4.66. The number of aliphatic hydroxyl groups is 1. The third-order valence-electron chi connectivity index (χ3n) is 5.00. The molecule has 1 aromatic carbocycles.